The number of sulfone groups is 1. The number of hydrogen-bond donors (Lipinski definition) is 2. The molecule has 0 spiro atoms. The molecule has 1 rings (SSSR count). The highest BCUT2D eigenvalue weighted by Crippen LogP contribution is 2.10. The van der Waals surface area contributed by atoms with Crippen molar-refractivity contribution >= 4 is 55.7 Å². The minimum absolute atomic E-state index is 0. The third kappa shape index (κ3) is 9.62. The lowest BCUT2D eigenvalue weighted by Crippen LogP contribution is -2.42. The highest BCUT2D eigenvalue weighted by atomic mass is 127. The summed E-state index contributed by atoms with van der Waals surface area (Å²) in [6.07, 6.45) is 1.80. The van der Waals surface area contributed by atoms with Gasteiger partial charge in [0.1, 0.15) is 9.84 Å². The van der Waals surface area contributed by atoms with Crippen molar-refractivity contribution in [3.05, 3.63) is 34.3 Å². The first-order valence-electron chi connectivity index (χ1n) is 6.69. The maximum atomic E-state index is 11.2. The van der Waals surface area contributed by atoms with Gasteiger partial charge in [-0.05, 0) is 31.0 Å². The Kier molecular flexibility index (Phi) is 10.3. The Morgan fingerprint density at radius 3 is 2.41 bits per heavy atom. The quantitative estimate of drug-likeness (QED) is 0.355. The van der Waals surface area contributed by atoms with Gasteiger partial charge in [0.15, 0.2) is 5.96 Å². The molecule has 0 aromatic heterocycles. The number of hydrogen-bond acceptors (Lipinski definition) is 3. The fourth-order valence-electron chi connectivity index (χ4n) is 1.68. The molecule has 0 radical (unpaired) electrons. The molecule has 0 saturated carbocycles. The summed E-state index contributed by atoms with van der Waals surface area (Å²) >= 11 is 3.40. The van der Waals surface area contributed by atoms with Gasteiger partial charge in [-0.15, -0.1) is 24.0 Å². The van der Waals surface area contributed by atoms with E-state index in [4.69, 9.17) is 0 Å². The van der Waals surface area contributed by atoms with Crippen LogP contribution in [0, 0.1) is 0 Å². The molecule has 0 bridgehead atoms. The number of nitrogens with zero attached hydrogens (tertiary/aromatic N) is 1. The van der Waals surface area contributed by atoms with Crippen molar-refractivity contribution in [1.82, 2.24) is 10.6 Å². The van der Waals surface area contributed by atoms with E-state index in [1.807, 2.05) is 31.2 Å². The minimum atomic E-state index is -2.93. The molecule has 2 N–H and O–H groups in total. The van der Waals surface area contributed by atoms with Gasteiger partial charge < -0.3 is 10.6 Å². The molecule has 8 heteroatoms. The second-order valence-corrected chi connectivity index (χ2v) is 8.19. The largest absolute Gasteiger partial charge is 0.354 e. The maximum Gasteiger partial charge on any atom is 0.191 e. The third-order valence-electron chi connectivity index (χ3n) is 2.90. The summed E-state index contributed by atoms with van der Waals surface area (Å²) in [6.45, 7) is 2.60. The van der Waals surface area contributed by atoms with Gasteiger partial charge in [-0.2, -0.15) is 0 Å². The highest BCUT2D eigenvalue weighted by Gasteiger charge is 2.09. The van der Waals surface area contributed by atoms with Gasteiger partial charge in [-0.25, -0.2) is 8.42 Å². The van der Waals surface area contributed by atoms with Crippen molar-refractivity contribution in [3.8, 4) is 0 Å². The van der Waals surface area contributed by atoms with Crippen molar-refractivity contribution < 1.29 is 8.42 Å². The smallest absolute Gasteiger partial charge is 0.191 e. The fourth-order valence-corrected chi connectivity index (χ4v) is 2.73. The summed E-state index contributed by atoms with van der Waals surface area (Å²) in [5.74, 6) is 0.837. The van der Waals surface area contributed by atoms with E-state index >= 15 is 0 Å². The van der Waals surface area contributed by atoms with E-state index in [-0.39, 0.29) is 35.8 Å². The van der Waals surface area contributed by atoms with Gasteiger partial charge in [0.05, 0.1) is 5.75 Å². The summed E-state index contributed by atoms with van der Waals surface area (Å²) in [5, 5.41) is 6.39. The van der Waals surface area contributed by atoms with Crippen LogP contribution in [-0.4, -0.2) is 39.5 Å². The van der Waals surface area contributed by atoms with Crippen LogP contribution in [-0.2, 0) is 16.4 Å². The van der Waals surface area contributed by atoms with Crippen LogP contribution in [0.2, 0.25) is 0 Å². The Morgan fingerprint density at radius 2 is 1.91 bits per heavy atom. The number of benzene rings is 1. The van der Waals surface area contributed by atoms with Gasteiger partial charge in [0.2, 0.25) is 0 Å². The fraction of sp³-hybridized carbons (Fsp3) is 0.500. The lowest BCUT2D eigenvalue weighted by atomic mass is 10.2. The van der Waals surface area contributed by atoms with Gasteiger partial charge in [0, 0.05) is 30.4 Å². The van der Waals surface area contributed by atoms with Crippen LogP contribution in [0.3, 0.4) is 0 Å². The number of halogens is 2. The maximum absolute atomic E-state index is 11.2. The number of nitrogens with one attached hydrogen (secondary N) is 2. The van der Waals surface area contributed by atoms with E-state index in [1.54, 1.807) is 7.05 Å². The summed E-state index contributed by atoms with van der Waals surface area (Å²) in [4.78, 5) is 4.14. The first-order chi connectivity index (χ1) is 9.80. The van der Waals surface area contributed by atoms with E-state index in [1.165, 1.54) is 6.26 Å². The number of guanidine groups is 1. The molecular formula is C14H23BrIN3O2S. The van der Waals surface area contributed by atoms with E-state index in [9.17, 15) is 8.42 Å². The van der Waals surface area contributed by atoms with Crippen molar-refractivity contribution in [3.63, 3.8) is 0 Å². The van der Waals surface area contributed by atoms with E-state index in [2.05, 4.69) is 31.6 Å². The predicted molar refractivity (Wildman–Crippen MR) is 107 cm³/mol. The normalized spacial score (nSPS) is 13.2. The van der Waals surface area contributed by atoms with Crippen LogP contribution in [0.15, 0.2) is 33.7 Å². The Bertz CT molecular complexity index is 576. The zero-order chi connectivity index (χ0) is 15.9. The van der Waals surface area contributed by atoms with Crippen molar-refractivity contribution in [1.29, 1.82) is 0 Å². The molecule has 0 heterocycles. The van der Waals surface area contributed by atoms with E-state index < -0.39 is 9.84 Å². The molecule has 22 heavy (non-hydrogen) atoms. The molecule has 1 atom stereocenters. The average molecular weight is 504 g/mol. The molecule has 126 valence electrons. The van der Waals surface area contributed by atoms with Crippen molar-refractivity contribution in [2.75, 3.05) is 19.1 Å². The first-order valence-corrected chi connectivity index (χ1v) is 9.55. The summed E-state index contributed by atoms with van der Waals surface area (Å²) in [5.41, 5.74) is 1.14. The zero-order valence-corrected chi connectivity index (χ0v) is 17.7. The average Bonchev–Trinajstić information content (AvgIpc) is 2.42. The standard InChI is InChI=1S/C14H22BrN3O2S.HI/c1-11(8-9-21(3,19)20)18-14(16-2)17-10-12-4-6-13(15)7-5-12;/h4-7,11H,8-10H2,1-3H3,(H2,16,17,18);1H. The Labute approximate surface area is 158 Å². The topological polar surface area (TPSA) is 70.6 Å². The molecule has 0 amide bonds. The molecule has 5 nitrogen and oxygen atoms in total. The highest BCUT2D eigenvalue weighted by molar-refractivity contribution is 14.0. The SMILES string of the molecule is CN=C(NCc1ccc(Br)cc1)NC(C)CCS(C)(=O)=O.I. The lowest BCUT2D eigenvalue weighted by molar-refractivity contribution is 0.581. The Hall–Kier alpha value is -0.350. The monoisotopic (exact) mass is 503 g/mol. The summed E-state index contributed by atoms with van der Waals surface area (Å²) in [7, 11) is -1.23. The lowest BCUT2D eigenvalue weighted by Gasteiger charge is -2.17. The molecule has 0 fully saturated rings. The molecule has 0 aliphatic carbocycles. The Morgan fingerprint density at radius 1 is 1.32 bits per heavy atom. The molecule has 0 saturated heterocycles. The predicted octanol–water partition coefficient (Wildman–Crippen LogP) is 2.56. The minimum Gasteiger partial charge on any atom is -0.354 e. The third-order valence-corrected chi connectivity index (χ3v) is 4.41. The van der Waals surface area contributed by atoms with Crippen LogP contribution < -0.4 is 10.6 Å². The Balaban J connectivity index is 0.00000441. The molecule has 0 aliphatic heterocycles. The zero-order valence-electron chi connectivity index (χ0n) is 13.0. The van der Waals surface area contributed by atoms with E-state index in [0.29, 0.717) is 18.9 Å². The summed E-state index contributed by atoms with van der Waals surface area (Å²) < 4.78 is 23.3. The molecule has 1 aromatic carbocycles. The van der Waals surface area contributed by atoms with Gasteiger partial charge in [-0.3, -0.25) is 4.99 Å². The van der Waals surface area contributed by atoms with Gasteiger partial charge in [0.25, 0.3) is 0 Å². The molecular weight excluding hydrogens is 481 g/mol. The van der Waals surface area contributed by atoms with Crippen LogP contribution in [0.1, 0.15) is 18.9 Å². The van der Waals surface area contributed by atoms with Crippen LogP contribution in [0.4, 0.5) is 0 Å². The van der Waals surface area contributed by atoms with Crippen LogP contribution in [0.25, 0.3) is 0 Å². The van der Waals surface area contributed by atoms with E-state index in [0.717, 1.165) is 10.0 Å². The first kappa shape index (κ1) is 21.6. The van der Waals surface area contributed by atoms with Crippen molar-refractivity contribution in [2.45, 2.75) is 25.9 Å². The van der Waals surface area contributed by atoms with Crippen LogP contribution in [0.5, 0.6) is 0 Å². The molecule has 1 aromatic rings. The number of aliphatic imine (C=N–C) groups is 1. The van der Waals surface area contributed by atoms with Crippen molar-refractivity contribution in [2.24, 2.45) is 4.99 Å². The molecule has 0 aliphatic rings. The van der Waals surface area contributed by atoms with Crippen LogP contribution >= 0.6 is 39.9 Å². The van der Waals surface area contributed by atoms with Gasteiger partial charge in [-0.1, -0.05) is 28.1 Å². The summed E-state index contributed by atoms with van der Waals surface area (Å²) in [6, 6.07) is 8.06. The number of rotatable bonds is 6. The van der Waals surface area contributed by atoms with Gasteiger partial charge >= 0.3 is 0 Å². The second kappa shape index (κ2) is 10.4. The second-order valence-electron chi connectivity index (χ2n) is 5.02. The molecule has 1 unspecified atom stereocenters.